The number of nitrogens with one attached hydrogen (secondary N) is 1. The van der Waals surface area contributed by atoms with E-state index in [-0.39, 0.29) is 0 Å². The van der Waals surface area contributed by atoms with Crippen LogP contribution in [-0.4, -0.2) is 35.4 Å². The second-order valence-electron chi connectivity index (χ2n) is 4.69. The van der Waals surface area contributed by atoms with Crippen molar-refractivity contribution in [2.45, 2.75) is 6.42 Å². The van der Waals surface area contributed by atoms with E-state index in [1.807, 2.05) is 19.2 Å². The molecule has 1 aromatic carbocycles. The second kappa shape index (κ2) is 4.99. The lowest BCUT2D eigenvalue weighted by Gasteiger charge is -2.20. The van der Waals surface area contributed by atoms with Gasteiger partial charge in [0.25, 0.3) is 0 Å². The Bertz CT molecular complexity index is 556. The number of rotatable bonds is 3. The predicted octanol–water partition coefficient (Wildman–Crippen LogP) is 2.39. The lowest BCUT2D eigenvalue weighted by Crippen LogP contribution is -2.24. The molecule has 1 aliphatic heterocycles. The molecule has 2 heterocycles. The quantitative estimate of drug-likeness (QED) is 0.939. The zero-order valence-electron chi connectivity index (χ0n) is 10.2. The Kier molecular flexibility index (Phi) is 3.37. The van der Waals surface area contributed by atoms with Crippen LogP contribution in [0.5, 0.6) is 0 Å². The Hall–Kier alpha value is -0.910. The van der Waals surface area contributed by atoms with E-state index in [0.29, 0.717) is 5.92 Å². The smallest absolute Gasteiger partial charge is 0.129 e. The summed E-state index contributed by atoms with van der Waals surface area (Å²) in [6, 6.07) is 3.86. The largest absolute Gasteiger partial charge is 0.368 e. The fraction of sp³-hybridized carbons (Fsp3) is 0.500. The maximum absolute atomic E-state index is 6.34. The van der Waals surface area contributed by atoms with Crippen molar-refractivity contribution in [2.24, 2.45) is 5.92 Å². The summed E-state index contributed by atoms with van der Waals surface area (Å²) in [5, 5.41) is 4.02. The van der Waals surface area contributed by atoms with Gasteiger partial charge in [0.2, 0.25) is 0 Å². The number of fused-ring (bicyclic) bond motifs is 1. The second-order valence-corrected chi connectivity index (χ2v) is 5.62. The minimum absolute atomic E-state index is 0.688. The number of benzene rings is 1. The fourth-order valence-corrected chi connectivity index (χ4v) is 3.41. The molecular formula is C12H15ClN4S. The van der Waals surface area contributed by atoms with E-state index in [2.05, 4.69) is 19.0 Å². The molecule has 1 unspecified atom stereocenters. The Labute approximate surface area is 115 Å². The first-order chi connectivity index (χ1) is 8.79. The first-order valence-corrected chi connectivity index (χ1v) is 7.20. The van der Waals surface area contributed by atoms with Crippen molar-refractivity contribution in [1.82, 2.24) is 14.1 Å². The molecule has 2 aromatic rings. The Morgan fingerprint density at radius 3 is 3.22 bits per heavy atom. The molecule has 6 heteroatoms. The summed E-state index contributed by atoms with van der Waals surface area (Å²) in [5.41, 5.74) is 2.94. The fourth-order valence-electron chi connectivity index (χ4n) is 2.61. The van der Waals surface area contributed by atoms with E-state index >= 15 is 0 Å². The van der Waals surface area contributed by atoms with Crippen LogP contribution in [0.1, 0.15) is 6.42 Å². The highest BCUT2D eigenvalue weighted by Crippen LogP contribution is 2.36. The number of aromatic nitrogens is 2. The van der Waals surface area contributed by atoms with Crippen molar-refractivity contribution < 1.29 is 0 Å². The van der Waals surface area contributed by atoms with Gasteiger partial charge in [0.05, 0.1) is 22.4 Å². The van der Waals surface area contributed by atoms with E-state index in [9.17, 15) is 0 Å². The predicted molar refractivity (Wildman–Crippen MR) is 76.7 cm³/mol. The molecular weight excluding hydrogens is 268 g/mol. The lowest BCUT2D eigenvalue weighted by molar-refractivity contribution is 0.549. The Balaban J connectivity index is 1.94. The molecule has 0 amide bonds. The molecule has 1 aliphatic rings. The third kappa shape index (κ3) is 2.06. The molecule has 0 radical (unpaired) electrons. The molecule has 4 nitrogen and oxygen atoms in total. The standard InChI is InChI=1S/C12H15ClN4S/c1-14-6-8-4-5-17(7-8)12-9(13)2-3-10-11(12)16-18-15-10/h2-3,8,14H,4-7H2,1H3. The summed E-state index contributed by atoms with van der Waals surface area (Å²) < 4.78 is 8.66. The monoisotopic (exact) mass is 282 g/mol. The number of hydrogen-bond donors (Lipinski definition) is 1. The molecule has 1 N–H and O–H groups in total. The van der Waals surface area contributed by atoms with Crippen LogP contribution in [0.4, 0.5) is 5.69 Å². The van der Waals surface area contributed by atoms with Gasteiger partial charge in [-0.2, -0.15) is 8.75 Å². The average molecular weight is 283 g/mol. The van der Waals surface area contributed by atoms with Crippen LogP contribution in [0.25, 0.3) is 11.0 Å². The van der Waals surface area contributed by atoms with Gasteiger partial charge in [-0.3, -0.25) is 0 Å². The van der Waals surface area contributed by atoms with E-state index in [4.69, 9.17) is 11.6 Å². The summed E-state index contributed by atoms with van der Waals surface area (Å²) in [7, 11) is 2.00. The zero-order valence-corrected chi connectivity index (χ0v) is 11.8. The zero-order chi connectivity index (χ0) is 12.5. The van der Waals surface area contributed by atoms with E-state index in [1.165, 1.54) is 18.1 Å². The molecule has 1 aromatic heterocycles. The van der Waals surface area contributed by atoms with Gasteiger partial charge < -0.3 is 10.2 Å². The average Bonchev–Trinajstić information content (AvgIpc) is 2.98. The molecule has 3 rings (SSSR count). The molecule has 1 saturated heterocycles. The van der Waals surface area contributed by atoms with Crippen molar-refractivity contribution in [1.29, 1.82) is 0 Å². The van der Waals surface area contributed by atoms with Crippen LogP contribution in [0.2, 0.25) is 5.02 Å². The summed E-state index contributed by atoms with van der Waals surface area (Å²) in [6.45, 7) is 3.14. The molecule has 0 bridgehead atoms. The van der Waals surface area contributed by atoms with Crippen molar-refractivity contribution in [3.05, 3.63) is 17.2 Å². The molecule has 18 heavy (non-hydrogen) atoms. The topological polar surface area (TPSA) is 41.0 Å². The van der Waals surface area contributed by atoms with E-state index in [0.717, 1.165) is 41.4 Å². The third-order valence-electron chi connectivity index (χ3n) is 3.45. The third-order valence-corrected chi connectivity index (χ3v) is 4.29. The van der Waals surface area contributed by atoms with E-state index < -0.39 is 0 Å². The summed E-state index contributed by atoms with van der Waals surface area (Å²) >= 11 is 7.59. The normalized spacial score (nSPS) is 19.9. The van der Waals surface area contributed by atoms with Gasteiger partial charge in [-0.15, -0.1) is 0 Å². The Morgan fingerprint density at radius 1 is 1.50 bits per heavy atom. The van der Waals surface area contributed by atoms with Crippen LogP contribution in [0.3, 0.4) is 0 Å². The van der Waals surface area contributed by atoms with E-state index in [1.54, 1.807) is 0 Å². The van der Waals surface area contributed by atoms with Gasteiger partial charge in [-0.25, -0.2) is 0 Å². The first kappa shape index (κ1) is 12.1. The highest BCUT2D eigenvalue weighted by molar-refractivity contribution is 7.00. The molecule has 96 valence electrons. The highest BCUT2D eigenvalue weighted by atomic mass is 35.5. The summed E-state index contributed by atoms with van der Waals surface area (Å²) in [5.74, 6) is 0.688. The summed E-state index contributed by atoms with van der Waals surface area (Å²) in [6.07, 6.45) is 1.20. The number of nitrogens with zero attached hydrogens (tertiary/aromatic N) is 3. The molecule has 0 saturated carbocycles. The first-order valence-electron chi connectivity index (χ1n) is 6.10. The van der Waals surface area contributed by atoms with Crippen molar-refractivity contribution in [3.8, 4) is 0 Å². The number of anilines is 1. The maximum atomic E-state index is 6.34. The molecule has 0 aliphatic carbocycles. The number of halogens is 1. The van der Waals surface area contributed by atoms with Crippen LogP contribution in [0.15, 0.2) is 12.1 Å². The van der Waals surface area contributed by atoms with Gasteiger partial charge in [0.1, 0.15) is 11.0 Å². The van der Waals surface area contributed by atoms with Crippen molar-refractivity contribution in [3.63, 3.8) is 0 Å². The molecule has 1 atom stereocenters. The van der Waals surface area contributed by atoms with Crippen LogP contribution in [0, 0.1) is 5.92 Å². The summed E-state index contributed by atoms with van der Waals surface area (Å²) in [4.78, 5) is 2.34. The molecule has 1 fully saturated rings. The Morgan fingerprint density at radius 2 is 2.39 bits per heavy atom. The van der Waals surface area contributed by atoms with Crippen molar-refractivity contribution in [2.75, 3.05) is 31.6 Å². The van der Waals surface area contributed by atoms with Crippen LogP contribution < -0.4 is 10.2 Å². The minimum Gasteiger partial charge on any atom is -0.368 e. The lowest BCUT2D eigenvalue weighted by atomic mass is 10.1. The van der Waals surface area contributed by atoms with Crippen LogP contribution >= 0.6 is 23.3 Å². The van der Waals surface area contributed by atoms with Crippen LogP contribution in [-0.2, 0) is 0 Å². The van der Waals surface area contributed by atoms with Gasteiger partial charge in [0, 0.05) is 13.1 Å². The maximum Gasteiger partial charge on any atom is 0.129 e. The highest BCUT2D eigenvalue weighted by Gasteiger charge is 2.25. The van der Waals surface area contributed by atoms with Gasteiger partial charge in [-0.1, -0.05) is 11.6 Å². The van der Waals surface area contributed by atoms with Crippen molar-refractivity contribution >= 4 is 40.0 Å². The molecule has 0 spiro atoms. The SMILES string of the molecule is CNCC1CCN(c2c(Cl)ccc3nsnc23)C1. The number of hydrogen-bond acceptors (Lipinski definition) is 5. The van der Waals surface area contributed by atoms with Gasteiger partial charge in [0.15, 0.2) is 0 Å². The minimum atomic E-state index is 0.688. The van der Waals surface area contributed by atoms with Gasteiger partial charge in [-0.05, 0) is 38.1 Å². The van der Waals surface area contributed by atoms with Gasteiger partial charge >= 0.3 is 0 Å².